The zero-order valence-electron chi connectivity index (χ0n) is 12.1. The third-order valence-electron chi connectivity index (χ3n) is 4.01. The lowest BCUT2D eigenvalue weighted by Crippen LogP contribution is -2.50. The molecule has 0 saturated carbocycles. The van der Waals surface area contributed by atoms with Crippen LogP contribution in [0.15, 0.2) is 0 Å². The van der Waals surface area contributed by atoms with E-state index in [1.807, 2.05) is 0 Å². The van der Waals surface area contributed by atoms with Crippen molar-refractivity contribution in [1.82, 2.24) is 15.4 Å². The van der Waals surface area contributed by atoms with Gasteiger partial charge in [-0.25, -0.2) is 10.3 Å². The lowest BCUT2D eigenvalue weighted by atomic mass is 10.0. The number of nitrogens with one attached hydrogen (secondary N) is 1. The fourth-order valence-corrected chi connectivity index (χ4v) is 3.31. The molecule has 0 aromatic carbocycles. The van der Waals surface area contributed by atoms with Gasteiger partial charge in [0.15, 0.2) is 0 Å². The lowest BCUT2D eigenvalue weighted by Gasteiger charge is -2.29. The van der Waals surface area contributed by atoms with E-state index in [4.69, 9.17) is 14.1 Å². The van der Waals surface area contributed by atoms with Crippen molar-refractivity contribution in [2.45, 2.75) is 37.5 Å². The summed E-state index contributed by atoms with van der Waals surface area (Å²) >= 11 is 0. The maximum absolute atomic E-state index is 12.2. The van der Waals surface area contributed by atoms with Gasteiger partial charge in [0.05, 0.1) is 12.6 Å². The minimum Gasteiger partial charge on any atom is -0.379 e. The van der Waals surface area contributed by atoms with Crippen LogP contribution in [0, 0.1) is 0 Å². The van der Waals surface area contributed by atoms with Gasteiger partial charge in [0.25, 0.3) is 5.91 Å². The second kappa shape index (κ2) is 6.20. The molecule has 0 unspecified atom stereocenters. The molecule has 3 aliphatic rings. The number of rotatable bonds is 5. The maximum Gasteiger partial charge on any atom is 0.418 e. The lowest BCUT2D eigenvalue weighted by molar-refractivity contribution is -0.143. The summed E-state index contributed by atoms with van der Waals surface area (Å²) in [4.78, 5) is 30.8. The van der Waals surface area contributed by atoms with Gasteiger partial charge < -0.3 is 9.64 Å². The van der Waals surface area contributed by atoms with E-state index in [1.165, 1.54) is 4.90 Å². The fraction of sp³-hybridized carbons (Fsp3) is 0.818. The average molecular weight is 351 g/mol. The number of urea groups is 1. The number of carbonyl (C=O) groups excluding carboxylic acids is 2. The third-order valence-corrected chi connectivity index (χ3v) is 4.36. The fourth-order valence-electron chi connectivity index (χ4n) is 2.92. The molecule has 3 amide bonds. The maximum atomic E-state index is 12.2. The van der Waals surface area contributed by atoms with Crippen LogP contribution < -0.4 is 5.48 Å². The molecule has 3 aliphatic heterocycles. The number of hydrogen-bond acceptors (Lipinski definition) is 7. The minimum absolute atomic E-state index is 0.138. The van der Waals surface area contributed by atoms with Gasteiger partial charge in [0.1, 0.15) is 12.1 Å². The summed E-state index contributed by atoms with van der Waals surface area (Å²) in [5.41, 5.74) is 2.32. The van der Waals surface area contributed by atoms with Crippen molar-refractivity contribution >= 4 is 22.3 Å². The van der Waals surface area contributed by atoms with Crippen LogP contribution >= 0.6 is 0 Å². The van der Waals surface area contributed by atoms with Crippen molar-refractivity contribution < 1.29 is 36.4 Å². The Kier molecular flexibility index (Phi) is 4.42. The van der Waals surface area contributed by atoms with Crippen molar-refractivity contribution in [1.29, 1.82) is 0 Å². The number of piperidine rings is 1. The number of fused-ring (bicyclic) bond motifs is 2. The largest absolute Gasteiger partial charge is 0.418 e. The molecule has 3 rings (SSSR count). The Balaban J connectivity index is 1.60. The van der Waals surface area contributed by atoms with Crippen molar-refractivity contribution in [3.63, 3.8) is 0 Å². The molecule has 130 valence electrons. The topological polar surface area (TPSA) is 135 Å². The van der Waals surface area contributed by atoms with E-state index in [9.17, 15) is 18.0 Å². The van der Waals surface area contributed by atoms with E-state index in [0.717, 1.165) is 0 Å². The van der Waals surface area contributed by atoms with Crippen molar-refractivity contribution in [3.8, 4) is 0 Å². The Morgan fingerprint density at radius 1 is 1.35 bits per heavy atom. The van der Waals surface area contributed by atoms with Gasteiger partial charge in [0, 0.05) is 19.6 Å². The molecule has 0 aromatic rings. The molecule has 2 bridgehead atoms. The van der Waals surface area contributed by atoms with Gasteiger partial charge in [-0.2, -0.15) is 13.5 Å². The third kappa shape index (κ3) is 3.55. The molecular weight excluding hydrogens is 334 g/mol. The Bertz CT molecular complexity index is 590. The standard InChI is InChI=1S/C11H17N3O8S/c15-10(12-21-8-3-4-20-6-8)9-2-1-7-5-13(9)11(16)14(7)22-23(17,18)19/h7-9H,1-6H2,(H,12,15)(H,17,18,19)/t7-,8-,9+/m1/s1. The SMILES string of the molecule is O=C(NO[C@@H]1CCOC1)[C@@H]1CC[C@@H]2CN1C(=O)N2OS(=O)(=O)O. The molecule has 23 heavy (non-hydrogen) atoms. The van der Waals surface area contributed by atoms with E-state index >= 15 is 0 Å². The second-order valence-electron chi connectivity index (χ2n) is 5.58. The van der Waals surface area contributed by atoms with Crippen molar-refractivity contribution in [2.75, 3.05) is 19.8 Å². The van der Waals surface area contributed by atoms with Crippen LogP contribution in [-0.2, 0) is 29.1 Å². The van der Waals surface area contributed by atoms with Gasteiger partial charge in [-0.1, -0.05) is 0 Å². The normalized spacial score (nSPS) is 30.8. The first kappa shape index (κ1) is 16.4. The summed E-state index contributed by atoms with van der Waals surface area (Å²) in [5.74, 6) is -0.489. The van der Waals surface area contributed by atoms with Crippen LogP contribution in [0.1, 0.15) is 19.3 Å². The van der Waals surface area contributed by atoms with Crippen LogP contribution in [0.3, 0.4) is 0 Å². The molecule has 12 heteroatoms. The van der Waals surface area contributed by atoms with Crippen molar-refractivity contribution in [3.05, 3.63) is 0 Å². The molecule has 11 nitrogen and oxygen atoms in total. The van der Waals surface area contributed by atoms with Crippen LogP contribution in [0.5, 0.6) is 0 Å². The van der Waals surface area contributed by atoms with E-state index < -0.39 is 34.4 Å². The smallest absolute Gasteiger partial charge is 0.379 e. The summed E-state index contributed by atoms with van der Waals surface area (Å²) < 4.78 is 39.7. The van der Waals surface area contributed by atoms with E-state index in [2.05, 4.69) is 9.76 Å². The molecule has 0 spiro atoms. The number of hydrogen-bond donors (Lipinski definition) is 2. The van der Waals surface area contributed by atoms with Crippen molar-refractivity contribution in [2.24, 2.45) is 0 Å². The van der Waals surface area contributed by atoms with Crippen LogP contribution in [0.2, 0.25) is 0 Å². The summed E-state index contributed by atoms with van der Waals surface area (Å²) in [6.45, 7) is 1.10. The number of nitrogens with zero attached hydrogens (tertiary/aromatic N) is 2. The molecule has 3 saturated heterocycles. The van der Waals surface area contributed by atoms with Crippen LogP contribution in [0.25, 0.3) is 0 Å². The second-order valence-corrected chi connectivity index (χ2v) is 6.58. The summed E-state index contributed by atoms with van der Waals surface area (Å²) in [6, 6.07) is -2.09. The van der Waals surface area contributed by atoms with E-state index in [-0.39, 0.29) is 12.6 Å². The van der Waals surface area contributed by atoms with Gasteiger partial charge in [-0.15, -0.1) is 4.28 Å². The molecule has 2 N–H and O–H groups in total. The number of hydroxylamine groups is 3. The Labute approximate surface area is 132 Å². The summed E-state index contributed by atoms with van der Waals surface area (Å²) in [5, 5.41) is 0.592. The first-order valence-corrected chi connectivity index (χ1v) is 8.52. The van der Waals surface area contributed by atoms with E-state index in [1.54, 1.807) is 0 Å². The zero-order chi connectivity index (χ0) is 16.6. The highest BCUT2D eigenvalue weighted by molar-refractivity contribution is 7.80. The highest BCUT2D eigenvalue weighted by Crippen LogP contribution is 2.30. The Morgan fingerprint density at radius 2 is 2.13 bits per heavy atom. The molecule has 3 atom stereocenters. The quantitative estimate of drug-likeness (QED) is 0.467. The van der Waals surface area contributed by atoms with Gasteiger partial charge in [-0.05, 0) is 12.8 Å². The molecule has 0 aromatic heterocycles. The average Bonchev–Trinajstić information content (AvgIpc) is 3.08. The Morgan fingerprint density at radius 3 is 2.78 bits per heavy atom. The molecule has 0 radical (unpaired) electrons. The molecular formula is C11H17N3O8S. The van der Waals surface area contributed by atoms with Gasteiger partial charge >= 0.3 is 16.4 Å². The van der Waals surface area contributed by atoms with Gasteiger partial charge in [-0.3, -0.25) is 14.2 Å². The summed E-state index contributed by atoms with van der Waals surface area (Å²) in [7, 11) is -4.80. The predicted molar refractivity (Wildman–Crippen MR) is 71.8 cm³/mol. The Hall–Kier alpha value is -1.47. The molecule has 0 aliphatic carbocycles. The minimum atomic E-state index is -4.80. The first-order chi connectivity index (χ1) is 10.8. The van der Waals surface area contributed by atoms with Crippen LogP contribution in [-0.4, -0.2) is 72.8 Å². The monoisotopic (exact) mass is 351 g/mol. The molecule has 3 heterocycles. The van der Waals surface area contributed by atoms with Gasteiger partial charge in [0.2, 0.25) is 0 Å². The summed E-state index contributed by atoms with van der Waals surface area (Å²) in [6.07, 6.45) is 1.15. The first-order valence-electron chi connectivity index (χ1n) is 7.15. The zero-order valence-corrected chi connectivity index (χ0v) is 12.9. The number of amides is 3. The predicted octanol–water partition coefficient (Wildman–Crippen LogP) is -1.17. The highest BCUT2D eigenvalue weighted by atomic mass is 32.3. The molecule has 3 fully saturated rings. The number of ether oxygens (including phenoxy) is 1. The highest BCUT2D eigenvalue weighted by Gasteiger charge is 2.49. The van der Waals surface area contributed by atoms with E-state index in [0.29, 0.717) is 37.5 Å². The number of carbonyl (C=O) groups is 2. The van der Waals surface area contributed by atoms with Crippen LogP contribution in [0.4, 0.5) is 4.79 Å².